The van der Waals surface area contributed by atoms with E-state index in [2.05, 4.69) is 11.9 Å². The van der Waals surface area contributed by atoms with E-state index in [0.29, 0.717) is 5.92 Å². The average Bonchev–Trinajstić information content (AvgIpc) is 2.34. The summed E-state index contributed by atoms with van der Waals surface area (Å²) >= 11 is 0. The van der Waals surface area contributed by atoms with Crippen molar-refractivity contribution in [2.45, 2.75) is 13.3 Å². The van der Waals surface area contributed by atoms with Crippen LogP contribution in [0.25, 0.3) is 0 Å². The minimum Gasteiger partial charge on any atom is -0.356 e. The molecule has 2 heteroatoms. The number of nitrogens with one attached hydrogen (secondary N) is 1. The summed E-state index contributed by atoms with van der Waals surface area (Å²) in [5.41, 5.74) is 0. The molecule has 0 unspecified atom stereocenters. The van der Waals surface area contributed by atoms with Crippen LogP contribution in [0, 0.1) is 11.8 Å². The Bertz CT molecular complexity index is 153. The predicted molar refractivity (Wildman–Crippen MR) is 40.5 cm³/mol. The molecule has 1 N–H and O–H groups in total. The first-order chi connectivity index (χ1) is 4.75. The lowest BCUT2D eigenvalue weighted by molar-refractivity contribution is -0.123. The highest BCUT2D eigenvalue weighted by molar-refractivity contribution is 5.81. The Hall–Kier alpha value is -0.790. The van der Waals surface area contributed by atoms with Crippen LogP contribution in [0.5, 0.6) is 0 Å². The molecule has 2 atom stereocenters. The molecule has 56 valence electrons. The van der Waals surface area contributed by atoms with Gasteiger partial charge in [-0.25, -0.2) is 0 Å². The standard InChI is InChI=1S/C8H13NO/c1-3-6(2)7-4-5-9-8(7)10/h3,6-7H,1,4-5H2,2H3,(H,9,10)/t6-,7+/m0/s1. The van der Waals surface area contributed by atoms with Crippen molar-refractivity contribution >= 4 is 5.91 Å². The van der Waals surface area contributed by atoms with Crippen molar-refractivity contribution in [3.05, 3.63) is 12.7 Å². The second kappa shape index (κ2) is 2.86. The van der Waals surface area contributed by atoms with Crippen LogP contribution in [0.1, 0.15) is 13.3 Å². The van der Waals surface area contributed by atoms with Gasteiger partial charge in [-0.2, -0.15) is 0 Å². The number of hydrogen-bond donors (Lipinski definition) is 1. The summed E-state index contributed by atoms with van der Waals surface area (Å²) in [4.78, 5) is 11.0. The van der Waals surface area contributed by atoms with E-state index in [1.54, 1.807) is 0 Å². The van der Waals surface area contributed by atoms with Crippen molar-refractivity contribution in [2.75, 3.05) is 6.54 Å². The van der Waals surface area contributed by atoms with Crippen LogP contribution in [0.3, 0.4) is 0 Å². The topological polar surface area (TPSA) is 29.1 Å². The molecule has 1 aliphatic rings. The van der Waals surface area contributed by atoms with Gasteiger partial charge in [0.05, 0.1) is 0 Å². The number of allylic oxidation sites excluding steroid dienone is 1. The predicted octanol–water partition coefficient (Wildman–Crippen LogP) is 0.945. The largest absolute Gasteiger partial charge is 0.356 e. The summed E-state index contributed by atoms with van der Waals surface area (Å²) < 4.78 is 0. The normalized spacial score (nSPS) is 27.7. The molecule has 1 heterocycles. The van der Waals surface area contributed by atoms with Gasteiger partial charge >= 0.3 is 0 Å². The van der Waals surface area contributed by atoms with Gasteiger partial charge < -0.3 is 5.32 Å². The Morgan fingerprint density at radius 3 is 3.00 bits per heavy atom. The van der Waals surface area contributed by atoms with E-state index in [1.807, 2.05) is 13.0 Å². The van der Waals surface area contributed by atoms with Crippen LogP contribution in [-0.2, 0) is 4.79 Å². The third-order valence-electron chi connectivity index (χ3n) is 2.10. The first-order valence-electron chi connectivity index (χ1n) is 3.66. The van der Waals surface area contributed by atoms with E-state index in [0.717, 1.165) is 13.0 Å². The first-order valence-corrected chi connectivity index (χ1v) is 3.66. The van der Waals surface area contributed by atoms with Gasteiger partial charge in [-0.15, -0.1) is 6.58 Å². The SMILES string of the molecule is C=C[C@H](C)[C@H]1CCNC1=O. The van der Waals surface area contributed by atoms with Gasteiger partial charge in [0.1, 0.15) is 0 Å². The summed E-state index contributed by atoms with van der Waals surface area (Å²) in [6, 6.07) is 0. The highest BCUT2D eigenvalue weighted by Crippen LogP contribution is 2.19. The molecule has 0 aliphatic carbocycles. The quantitative estimate of drug-likeness (QED) is 0.567. The third-order valence-corrected chi connectivity index (χ3v) is 2.10. The number of amides is 1. The maximum absolute atomic E-state index is 11.0. The molecule has 2 nitrogen and oxygen atoms in total. The zero-order chi connectivity index (χ0) is 7.56. The minimum atomic E-state index is 0.178. The molecular weight excluding hydrogens is 126 g/mol. The molecule has 0 saturated carbocycles. The molecule has 0 radical (unpaired) electrons. The van der Waals surface area contributed by atoms with Crippen molar-refractivity contribution in [2.24, 2.45) is 11.8 Å². The van der Waals surface area contributed by atoms with E-state index >= 15 is 0 Å². The molecule has 0 aromatic heterocycles. The third kappa shape index (κ3) is 1.20. The zero-order valence-electron chi connectivity index (χ0n) is 6.26. The first kappa shape index (κ1) is 7.32. The number of carbonyl (C=O) groups excluding carboxylic acids is 1. The van der Waals surface area contributed by atoms with Crippen molar-refractivity contribution in [1.82, 2.24) is 5.32 Å². The highest BCUT2D eigenvalue weighted by Gasteiger charge is 2.27. The Morgan fingerprint density at radius 2 is 2.60 bits per heavy atom. The van der Waals surface area contributed by atoms with Gasteiger partial charge in [0.2, 0.25) is 5.91 Å². The summed E-state index contributed by atoms with van der Waals surface area (Å²) in [5.74, 6) is 0.687. The van der Waals surface area contributed by atoms with Crippen LogP contribution in [0.2, 0.25) is 0 Å². The van der Waals surface area contributed by atoms with E-state index in [-0.39, 0.29) is 11.8 Å². The average molecular weight is 139 g/mol. The lowest BCUT2D eigenvalue weighted by atomic mass is 9.93. The summed E-state index contributed by atoms with van der Waals surface area (Å²) in [6.45, 7) is 6.52. The fourth-order valence-electron chi connectivity index (χ4n) is 1.28. The second-order valence-corrected chi connectivity index (χ2v) is 2.78. The van der Waals surface area contributed by atoms with Crippen molar-refractivity contribution in [1.29, 1.82) is 0 Å². The Morgan fingerprint density at radius 1 is 1.90 bits per heavy atom. The highest BCUT2D eigenvalue weighted by atomic mass is 16.2. The Balaban J connectivity index is 2.54. The molecule has 0 bridgehead atoms. The zero-order valence-corrected chi connectivity index (χ0v) is 6.26. The van der Waals surface area contributed by atoms with Gasteiger partial charge in [-0.3, -0.25) is 4.79 Å². The molecular formula is C8H13NO. The van der Waals surface area contributed by atoms with E-state index in [1.165, 1.54) is 0 Å². The van der Waals surface area contributed by atoms with Crippen LogP contribution in [-0.4, -0.2) is 12.5 Å². The Kier molecular flexibility index (Phi) is 2.10. The summed E-state index contributed by atoms with van der Waals surface area (Å²) in [6.07, 6.45) is 2.81. The van der Waals surface area contributed by atoms with Crippen LogP contribution < -0.4 is 5.32 Å². The summed E-state index contributed by atoms with van der Waals surface area (Å²) in [5, 5.41) is 2.80. The maximum atomic E-state index is 11.0. The summed E-state index contributed by atoms with van der Waals surface area (Å²) in [7, 11) is 0. The van der Waals surface area contributed by atoms with Crippen LogP contribution in [0.4, 0.5) is 0 Å². The van der Waals surface area contributed by atoms with Gasteiger partial charge in [0.15, 0.2) is 0 Å². The molecule has 1 amide bonds. The minimum absolute atomic E-state index is 0.178. The number of hydrogen-bond acceptors (Lipinski definition) is 1. The van der Waals surface area contributed by atoms with Crippen LogP contribution in [0.15, 0.2) is 12.7 Å². The fraction of sp³-hybridized carbons (Fsp3) is 0.625. The maximum Gasteiger partial charge on any atom is 0.223 e. The van der Waals surface area contributed by atoms with Gasteiger partial charge in [-0.05, 0) is 12.3 Å². The lowest BCUT2D eigenvalue weighted by Crippen LogP contribution is -2.22. The smallest absolute Gasteiger partial charge is 0.223 e. The van der Waals surface area contributed by atoms with Crippen LogP contribution >= 0.6 is 0 Å². The van der Waals surface area contributed by atoms with E-state index in [4.69, 9.17) is 0 Å². The van der Waals surface area contributed by atoms with E-state index < -0.39 is 0 Å². The molecule has 1 rings (SSSR count). The molecule has 0 aromatic carbocycles. The fourth-order valence-corrected chi connectivity index (χ4v) is 1.28. The van der Waals surface area contributed by atoms with Gasteiger partial charge in [-0.1, -0.05) is 13.0 Å². The Labute approximate surface area is 61.3 Å². The van der Waals surface area contributed by atoms with Crippen molar-refractivity contribution in [3.63, 3.8) is 0 Å². The lowest BCUT2D eigenvalue weighted by Gasteiger charge is -2.10. The van der Waals surface area contributed by atoms with Crippen molar-refractivity contribution in [3.8, 4) is 0 Å². The van der Waals surface area contributed by atoms with Gasteiger partial charge in [0.25, 0.3) is 0 Å². The number of rotatable bonds is 2. The molecule has 0 spiro atoms. The molecule has 1 saturated heterocycles. The molecule has 1 fully saturated rings. The van der Waals surface area contributed by atoms with Gasteiger partial charge in [0, 0.05) is 12.5 Å². The van der Waals surface area contributed by atoms with Crippen molar-refractivity contribution < 1.29 is 4.79 Å². The van der Waals surface area contributed by atoms with E-state index in [9.17, 15) is 4.79 Å². The second-order valence-electron chi connectivity index (χ2n) is 2.78. The molecule has 10 heavy (non-hydrogen) atoms. The molecule has 0 aromatic rings. The molecule has 1 aliphatic heterocycles. The number of carbonyl (C=O) groups is 1. The monoisotopic (exact) mass is 139 g/mol.